The molecule has 0 radical (unpaired) electrons. The molecule has 3 aromatic rings. The summed E-state index contributed by atoms with van der Waals surface area (Å²) in [4.78, 5) is 29.2. The lowest BCUT2D eigenvalue weighted by Crippen LogP contribution is -2.54. The van der Waals surface area contributed by atoms with Crippen LogP contribution >= 0.6 is 11.6 Å². The number of methoxy groups -OCH3 is 1. The smallest absolute Gasteiger partial charge is 0.244 e. The Hall–Kier alpha value is -3.56. The minimum Gasteiger partial charge on any atom is -0.495 e. The predicted molar refractivity (Wildman–Crippen MR) is 159 cm³/mol. The average Bonchev–Trinajstić information content (AvgIpc) is 2.93. The Balaban J connectivity index is 2.08. The summed E-state index contributed by atoms with van der Waals surface area (Å²) in [6.45, 7) is 3.38. The molecule has 3 aromatic carbocycles. The monoisotopic (exact) mass is 585 g/mol. The number of rotatable bonds is 13. The molecule has 1 N–H and O–H groups in total. The third kappa shape index (κ3) is 8.47. The number of carbonyl (C=O) groups is 2. The summed E-state index contributed by atoms with van der Waals surface area (Å²) in [7, 11) is -2.47. The van der Waals surface area contributed by atoms with Gasteiger partial charge in [-0.05, 0) is 48.7 Å². The minimum atomic E-state index is -3.90. The maximum atomic E-state index is 14.1. The van der Waals surface area contributed by atoms with Crippen LogP contribution in [0.3, 0.4) is 0 Å². The number of hydrogen-bond acceptors (Lipinski definition) is 5. The van der Waals surface area contributed by atoms with Crippen molar-refractivity contribution >= 4 is 39.1 Å². The number of ether oxygens (including phenoxy) is 1. The van der Waals surface area contributed by atoms with Gasteiger partial charge in [-0.3, -0.25) is 13.9 Å². The van der Waals surface area contributed by atoms with Gasteiger partial charge in [0.25, 0.3) is 0 Å². The number of amides is 2. The average molecular weight is 586 g/mol. The second kappa shape index (κ2) is 14.2. The van der Waals surface area contributed by atoms with Crippen LogP contribution in [0.25, 0.3) is 0 Å². The van der Waals surface area contributed by atoms with E-state index in [4.69, 9.17) is 16.3 Å². The van der Waals surface area contributed by atoms with Crippen molar-refractivity contribution < 1.29 is 22.7 Å². The number of benzene rings is 3. The molecule has 0 aliphatic rings. The van der Waals surface area contributed by atoms with Gasteiger partial charge >= 0.3 is 0 Å². The van der Waals surface area contributed by atoms with Crippen LogP contribution in [0.15, 0.2) is 78.9 Å². The molecule has 2 atom stereocenters. The lowest BCUT2D eigenvalue weighted by Gasteiger charge is -2.34. The first-order valence-electron chi connectivity index (χ1n) is 13.0. The second-order valence-corrected chi connectivity index (χ2v) is 12.0. The molecule has 0 aromatic heterocycles. The molecule has 0 unspecified atom stereocenters. The fourth-order valence-electron chi connectivity index (χ4n) is 4.26. The fraction of sp³-hybridized carbons (Fsp3) is 0.333. The Morgan fingerprint density at radius 3 is 2.25 bits per heavy atom. The highest BCUT2D eigenvalue weighted by atomic mass is 35.5. The first-order chi connectivity index (χ1) is 19.0. The number of hydrogen-bond donors (Lipinski definition) is 1. The summed E-state index contributed by atoms with van der Waals surface area (Å²) < 4.78 is 32.3. The zero-order valence-electron chi connectivity index (χ0n) is 23.2. The molecule has 0 spiro atoms. The Morgan fingerprint density at radius 1 is 0.975 bits per heavy atom. The highest BCUT2D eigenvalue weighted by Gasteiger charge is 2.34. The zero-order valence-corrected chi connectivity index (χ0v) is 24.8. The molecule has 8 nitrogen and oxygen atoms in total. The lowest BCUT2D eigenvalue weighted by molar-refractivity contribution is -0.140. The van der Waals surface area contributed by atoms with Gasteiger partial charge in [-0.2, -0.15) is 0 Å². The second-order valence-electron chi connectivity index (χ2n) is 9.62. The highest BCUT2D eigenvalue weighted by Crippen LogP contribution is 2.30. The molecular formula is C30H36ClN3O5S. The minimum absolute atomic E-state index is 0.0499. The van der Waals surface area contributed by atoms with E-state index >= 15 is 0 Å². The van der Waals surface area contributed by atoms with E-state index in [0.717, 1.165) is 16.1 Å². The molecule has 0 fully saturated rings. The molecule has 3 rings (SSSR count). The number of carbonyl (C=O) groups excluding carboxylic acids is 2. The van der Waals surface area contributed by atoms with Crippen molar-refractivity contribution in [3.05, 3.63) is 95.0 Å². The fourth-order valence-corrected chi connectivity index (χ4v) is 5.32. The summed E-state index contributed by atoms with van der Waals surface area (Å²) in [5.41, 5.74) is 1.80. The van der Waals surface area contributed by atoms with Gasteiger partial charge in [-0.1, -0.05) is 73.1 Å². The van der Waals surface area contributed by atoms with E-state index in [0.29, 0.717) is 22.8 Å². The Labute approximate surface area is 241 Å². The van der Waals surface area contributed by atoms with Crippen LogP contribution in [-0.2, 0) is 32.6 Å². The third-order valence-electron chi connectivity index (χ3n) is 6.55. The molecule has 10 heteroatoms. The summed E-state index contributed by atoms with van der Waals surface area (Å²) in [6, 6.07) is 22.0. The van der Waals surface area contributed by atoms with E-state index in [-0.39, 0.29) is 30.6 Å². The van der Waals surface area contributed by atoms with Gasteiger partial charge in [0, 0.05) is 24.0 Å². The maximum Gasteiger partial charge on any atom is 0.244 e. The van der Waals surface area contributed by atoms with Crippen LogP contribution in [0, 0.1) is 0 Å². The molecule has 40 heavy (non-hydrogen) atoms. The highest BCUT2D eigenvalue weighted by molar-refractivity contribution is 7.92. The summed E-state index contributed by atoms with van der Waals surface area (Å²) in [6.07, 6.45) is 1.98. The van der Waals surface area contributed by atoms with Crippen LogP contribution in [0.5, 0.6) is 5.75 Å². The van der Waals surface area contributed by atoms with E-state index in [1.165, 1.54) is 12.0 Å². The summed E-state index contributed by atoms with van der Waals surface area (Å²) >= 11 is 6.24. The molecule has 0 heterocycles. The van der Waals surface area contributed by atoms with Crippen molar-refractivity contribution in [3.63, 3.8) is 0 Å². The number of halogens is 1. The maximum absolute atomic E-state index is 14.1. The summed E-state index contributed by atoms with van der Waals surface area (Å²) in [5.74, 6) is -0.564. The molecule has 2 amide bonds. The van der Waals surface area contributed by atoms with Gasteiger partial charge in [-0.15, -0.1) is 0 Å². The number of sulfonamides is 1. The van der Waals surface area contributed by atoms with Gasteiger partial charge in [-0.25, -0.2) is 8.42 Å². The van der Waals surface area contributed by atoms with Crippen LogP contribution in [-0.4, -0.2) is 57.1 Å². The van der Waals surface area contributed by atoms with E-state index in [2.05, 4.69) is 5.32 Å². The molecular weight excluding hydrogens is 550 g/mol. The Morgan fingerprint density at radius 2 is 1.62 bits per heavy atom. The first kappa shape index (κ1) is 31.0. The van der Waals surface area contributed by atoms with Crippen molar-refractivity contribution in [1.82, 2.24) is 10.2 Å². The number of anilines is 1. The van der Waals surface area contributed by atoms with E-state index < -0.39 is 28.5 Å². The Kier molecular flexibility index (Phi) is 11.0. The quantitative estimate of drug-likeness (QED) is 0.314. The largest absolute Gasteiger partial charge is 0.495 e. The van der Waals surface area contributed by atoms with Crippen molar-refractivity contribution in [2.45, 2.75) is 45.3 Å². The van der Waals surface area contributed by atoms with Crippen LogP contribution < -0.4 is 14.4 Å². The van der Waals surface area contributed by atoms with Crippen molar-refractivity contribution in [2.75, 3.05) is 24.2 Å². The van der Waals surface area contributed by atoms with Gasteiger partial charge in [0.1, 0.15) is 18.3 Å². The van der Waals surface area contributed by atoms with Crippen molar-refractivity contribution in [1.29, 1.82) is 0 Å². The molecule has 0 bridgehead atoms. The van der Waals surface area contributed by atoms with Gasteiger partial charge in [0.15, 0.2) is 0 Å². The molecule has 0 aliphatic carbocycles. The Bertz CT molecular complexity index is 1400. The standard InChI is InChI=1S/C30H36ClN3O5S/c1-5-22(2)32-30(36)27(19-23-12-7-6-8-13-23)33(20-24-14-11-15-25(31)18-24)29(35)21-34(40(4,37)38)26-16-9-10-17-28(26)39-3/h6-18,22,27H,5,19-21H2,1-4H3,(H,32,36)/t22-,27-/m1/s1. The zero-order chi connectivity index (χ0) is 29.3. The number of nitrogens with one attached hydrogen (secondary N) is 1. The van der Waals surface area contributed by atoms with Crippen LogP contribution in [0.2, 0.25) is 5.02 Å². The van der Waals surface area contributed by atoms with E-state index in [1.54, 1.807) is 42.5 Å². The van der Waals surface area contributed by atoms with Gasteiger partial charge < -0.3 is 15.0 Å². The van der Waals surface area contributed by atoms with Crippen molar-refractivity contribution in [2.24, 2.45) is 0 Å². The molecule has 0 saturated heterocycles. The number of nitrogens with zero attached hydrogens (tertiary/aromatic N) is 2. The predicted octanol–water partition coefficient (Wildman–Crippen LogP) is 4.67. The van der Waals surface area contributed by atoms with Crippen LogP contribution in [0.1, 0.15) is 31.4 Å². The van der Waals surface area contributed by atoms with E-state index in [1.807, 2.05) is 50.2 Å². The van der Waals surface area contributed by atoms with Gasteiger partial charge in [0.2, 0.25) is 21.8 Å². The normalized spacial score (nSPS) is 12.7. The van der Waals surface area contributed by atoms with Crippen LogP contribution in [0.4, 0.5) is 5.69 Å². The number of para-hydroxylation sites is 2. The molecule has 214 valence electrons. The molecule has 0 aliphatic heterocycles. The van der Waals surface area contributed by atoms with Gasteiger partial charge in [0.05, 0.1) is 19.1 Å². The van der Waals surface area contributed by atoms with Crippen molar-refractivity contribution in [3.8, 4) is 5.75 Å². The topological polar surface area (TPSA) is 96.0 Å². The summed E-state index contributed by atoms with van der Waals surface area (Å²) in [5, 5.41) is 3.49. The lowest BCUT2D eigenvalue weighted by atomic mass is 10.0. The third-order valence-corrected chi connectivity index (χ3v) is 7.91. The first-order valence-corrected chi connectivity index (χ1v) is 15.2. The SMILES string of the molecule is CC[C@@H](C)NC(=O)[C@@H](Cc1ccccc1)N(Cc1cccc(Cl)c1)C(=O)CN(c1ccccc1OC)S(C)(=O)=O. The van der Waals surface area contributed by atoms with E-state index in [9.17, 15) is 18.0 Å². The molecule has 0 saturated carbocycles.